The fourth-order valence-corrected chi connectivity index (χ4v) is 3.17. The third-order valence-electron chi connectivity index (χ3n) is 5.15. The molecule has 0 fully saturated rings. The van der Waals surface area contributed by atoms with Gasteiger partial charge in [0.1, 0.15) is 18.0 Å². The molecule has 3 heteroatoms. The molecule has 0 aliphatic carbocycles. The van der Waals surface area contributed by atoms with Gasteiger partial charge in [0.15, 0.2) is 0 Å². The number of hydrogen-bond acceptors (Lipinski definition) is 2. The standard InChI is InChI=1S/C23H19FN2/c1-4-23(2,3)18-9-8-15-10-17(13-25)21(14-26)22(20(15)12-18)16-6-5-7-19(24)11-16/h5-12H,4H2,1-3H3. The van der Waals surface area contributed by atoms with Crippen LogP contribution in [-0.2, 0) is 5.41 Å². The minimum absolute atomic E-state index is 0.0197. The average molecular weight is 342 g/mol. The molecule has 3 aromatic rings. The largest absolute Gasteiger partial charge is 0.207 e. The Labute approximate surface area is 153 Å². The molecule has 3 aromatic carbocycles. The first kappa shape index (κ1) is 17.6. The molecule has 0 aromatic heterocycles. The Balaban J connectivity index is 2.46. The van der Waals surface area contributed by atoms with Crippen molar-refractivity contribution in [3.8, 4) is 23.3 Å². The van der Waals surface area contributed by atoms with E-state index in [0.717, 1.165) is 22.8 Å². The van der Waals surface area contributed by atoms with Gasteiger partial charge in [0.2, 0.25) is 0 Å². The molecule has 0 aliphatic heterocycles. The molecule has 0 amide bonds. The lowest BCUT2D eigenvalue weighted by Crippen LogP contribution is -2.15. The molecule has 0 unspecified atom stereocenters. The summed E-state index contributed by atoms with van der Waals surface area (Å²) < 4.78 is 13.8. The Morgan fingerprint density at radius 1 is 1.00 bits per heavy atom. The van der Waals surface area contributed by atoms with Gasteiger partial charge in [0.05, 0.1) is 11.1 Å². The van der Waals surface area contributed by atoms with Gasteiger partial charge in [-0.15, -0.1) is 0 Å². The second-order valence-corrected chi connectivity index (χ2v) is 7.08. The Bertz CT molecular complexity index is 1080. The normalized spacial score (nSPS) is 11.2. The van der Waals surface area contributed by atoms with Crippen LogP contribution in [0.4, 0.5) is 4.39 Å². The molecule has 0 saturated carbocycles. The lowest BCUT2D eigenvalue weighted by atomic mass is 9.80. The van der Waals surface area contributed by atoms with E-state index in [9.17, 15) is 14.9 Å². The van der Waals surface area contributed by atoms with Gasteiger partial charge in [-0.3, -0.25) is 0 Å². The molecule has 3 rings (SSSR count). The van der Waals surface area contributed by atoms with Crippen molar-refractivity contribution in [3.63, 3.8) is 0 Å². The summed E-state index contributed by atoms with van der Waals surface area (Å²) in [6, 6.07) is 18.3. The Morgan fingerprint density at radius 2 is 1.77 bits per heavy atom. The number of fused-ring (bicyclic) bond motifs is 1. The molecule has 0 bridgehead atoms. The van der Waals surface area contributed by atoms with Crippen molar-refractivity contribution in [3.05, 3.63) is 71.0 Å². The minimum atomic E-state index is -0.369. The van der Waals surface area contributed by atoms with Gasteiger partial charge in [-0.25, -0.2) is 4.39 Å². The van der Waals surface area contributed by atoms with Gasteiger partial charge in [0.25, 0.3) is 0 Å². The zero-order chi connectivity index (χ0) is 18.9. The quantitative estimate of drug-likeness (QED) is 0.579. The molecule has 0 aliphatic rings. The third kappa shape index (κ3) is 2.93. The summed E-state index contributed by atoms with van der Waals surface area (Å²) in [6.07, 6.45) is 0.967. The van der Waals surface area contributed by atoms with Gasteiger partial charge >= 0.3 is 0 Å². The van der Waals surface area contributed by atoms with Crippen molar-refractivity contribution in [1.82, 2.24) is 0 Å². The van der Waals surface area contributed by atoms with Crippen molar-refractivity contribution in [2.24, 2.45) is 0 Å². The highest BCUT2D eigenvalue weighted by molar-refractivity contribution is 6.01. The molecule has 0 N–H and O–H groups in total. The van der Waals surface area contributed by atoms with E-state index in [1.54, 1.807) is 18.2 Å². The topological polar surface area (TPSA) is 47.6 Å². The molecular weight excluding hydrogens is 323 g/mol. The molecule has 128 valence electrons. The number of benzene rings is 3. The minimum Gasteiger partial charge on any atom is -0.207 e. The van der Waals surface area contributed by atoms with E-state index in [-0.39, 0.29) is 16.8 Å². The number of halogens is 1. The summed E-state index contributed by atoms with van der Waals surface area (Å²) in [7, 11) is 0. The fraction of sp³-hybridized carbons (Fsp3) is 0.217. The second kappa shape index (κ2) is 6.62. The fourth-order valence-electron chi connectivity index (χ4n) is 3.17. The van der Waals surface area contributed by atoms with Gasteiger partial charge < -0.3 is 0 Å². The van der Waals surface area contributed by atoms with Crippen LogP contribution in [-0.4, -0.2) is 0 Å². The molecule has 0 spiro atoms. The van der Waals surface area contributed by atoms with Crippen molar-refractivity contribution in [1.29, 1.82) is 10.5 Å². The van der Waals surface area contributed by atoms with E-state index >= 15 is 0 Å². The molecule has 0 radical (unpaired) electrons. The van der Waals surface area contributed by atoms with Crippen molar-refractivity contribution in [2.45, 2.75) is 32.6 Å². The summed E-state index contributed by atoms with van der Waals surface area (Å²) >= 11 is 0. The summed E-state index contributed by atoms with van der Waals surface area (Å²) in [5.74, 6) is -0.369. The molecule has 26 heavy (non-hydrogen) atoms. The summed E-state index contributed by atoms with van der Waals surface area (Å²) in [5, 5.41) is 20.9. The number of nitriles is 2. The Hall–Kier alpha value is -3.17. The van der Waals surface area contributed by atoms with E-state index in [0.29, 0.717) is 16.7 Å². The highest BCUT2D eigenvalue weighted by Crippen LogP contribution is 2.37. The van der Waals surface area contributed by atoms with E-state index in [1.165, 1.54) is 12.1 Å². The first-order valence-corrected chi connectivity index (χ1v) is 8.58. The Kier molecular flexibility index (Phi) is 4.49. The third-order valence-corrected chi connectivity index (χ3v) is 5.15. The highest BCUT2D eigenvalue weighted by Gasteiger charge is 2.21. The summed E-state index contributed by atoms with van der Waals surface area (Å²) in [6.45, 7) is 6.48. The van der Waals surface area contributed by atoms with Crippen molar-refractivity contribution >= 4 is 10.8 Å². The monoisotopic (exact) mass is 342 g/mol. The van der Waals surface area contributed by atoms with Gasteiger partial charge in [-0.2, -0.15) is 10.5 Å². The number of rotatable bonds is 3. The predicted octanol–water partition coefficient (Wildman–Crippen LogP) is 6.08. The highest BCUT2D eigenvalue weighted by atomic mass is 19.1. The molecule has 0 atom stereocenters. The van der Waals surface area contributed by atoms with Gasteiger partial charge in [0, 0.05) is 5.56 Å². The number of hydrogen-bond donors (Lipinski definition) is 0. The van der Waals surface area contributed by atoms with Crippen LogP contribution in [0.3, 0.4) is 0 Å². The van der Waals surface area contributed by atoms with Crippen LogP contribution in [0.2, 0.25) is 0 Å². The average Bonchev–Trinajstić information content (AvgIpc) is 2.65. The van der Waals surface area contributed by atoms with Gasteiger partial charge in [-0.1, -0.05) is 45.0 Å². The van der Waals surface area contributed by atoms with E-state index < -0.39 is 0 Å². The van der Waals surface area contributed by atoms with Crippen LogP contribution in [0.5, 0.6) is 0 Å². The van der Waals surface area contributed by atoms with Crippen LogP contribution in [0, 0.1) is 28.5 Å². The first-order valence-electron chi connectivity index (χ1n) is 8.58. The summed E-state index contributed by atoms with van der Waals surface area (Å²) in [5.41, 5.74) is 2.95. The molecule has 2 nitrogen and oxygen atoms in total. The van der Waals surface area contributed by atoms with E-state index in [4.69, 9.17) is 0 Å². The maximum atomic E-state index is 13.8. The lowest BCUT2D eigenvalue weighted by Gasteiger charge is -2.24. The van der Waals surface area contributed by atoms with Crippen LogP contribution in [0.1, 0.15) is 43.9 Å². The van der Waals surface area contributed by atoms with Crippen LogP contribution >= 0.6 is 0 Å². The number of nitrogens with zero attached hydrogens (tertiary/aromatic N) is 2. The van der Waals surface area contributed by atoms with E-state index in [2.05, 4.69) is 45.0 Å². The summed E-state index contributed by atoms with van der Waals surface area (Å²) in [4.78, 5) is 0. The predicted molar refractivity (Wildman–Crippen MR) is 102 cm³/mol. The molecule has 0 heterocycles. The van der Waals surface area contributed by atoms with Crippen LogP contribution in [0.25, 0.3) is 21.9 Å². The lowest BCUT2D eigenvalue weighted by molar-refractivity contribution is 0.507. The molecule has 0 saturated heterocycles. The first-order chi connectivity index (χ1) is 12.4. The zero-order valence-electron chi connectivity index (χ0n) is 15.1. The van der Waals surface area contributed by atoms with E-state index in [1.807, 2.05) is 6.07 Å². The molecular formula is C23H19FN2. The second-order valence-electron chi connectivity index (χ2n) is 7.08. The smallest absolute Gasteiger partial charge is 0.123 e. The zero-order valence-corrected chi connectivity index (χ0v) is 15.1. The van der Waals surface area contributed by atoms with Crippen molar-refractivity contribution in [2.75, 3.05) is 0 Å². The maximum Gasteiger partial charge on any atom is 0.123 e. The Morgan fingerprint density at radius 3 is 2.38 bits per heavy atom. The van der Waals surface area contributed by atoms with Gasteiger partial charge in [-0.05, 0) is 58.0 Å². The maximum absolute atomic E-state index is 13.8. The van der Waals surface area contributed by atoms with Crippen molar-refractivity contribution < 1.29 is 4.39 Å². The van der Waals surface area contributed by atoms with Crippen LogP contribution < -0.4 is 0 Å². The van der Waals surface area contributed by atoms with Crippen LogP contribution in [0.15, 0.2) is 48.5 Å². The SMILES string of the molecule is CCC(C)(C)c1ccc2cc(C#N)c(C#N)c(-c3cccc(F)c3)c2c1.